The highest BCUT2D eigenvalue weighted by atomic mass is 16.6. The number of piperidine rings is 1. The molecule has 7 heteroatoms. The van der Waals surface area contributed by atoms with Gasteiger partial charge in [0.05, 0.1) is 4.92 Å². The molecule has 0 bridgehead atoms. The average molecular weight is 293 g/mol. The van der Waals surface area contributed by atoms with Crippen LogP contribution in [-0.2, 0) is 0 Å². The summed E-state index contributed by atoms with van der Waals surface area (Å²) in [5.74, 6) is -0.978. The Labute approximate surface area is 122 Å². The Hall–Kier alpha value is -2.18. The zero-order valence-corrected chi connectivity index (χ0v) is 12.0. The maximum absolute atomic E-state index is 11.2. The lowest BCUT2D eigenvalue weighted by molar-refractivity contribution is -0.384. The lowest BCUT2D eigenvalue weighted by Gasteiger charge is -2.36. The van der Waals surface area contributed by atoms with Gasteiger partial charge in [0.1, 0.15) is 0 Å². The van der Waals surface area contributed by atoms with E-state index in [1.165, 1.54) is 12.1 Å². The Bertz CT molecular complexity index is 545. The third kappa shape index (κ3) is 3.29. The summed E-state index contributed by atoms with van der Waals surface area (Å²) in [5.41, 5.74) is -0.278. The zero-order chi connectivity index (χ0) is 15.4. The van der Waals surface area contributed by atoms with Crippen molar-refractivity contribution in [1.82, 2.24) is 4.98 Å². The predicted octanol–water partition coefficient (Wildman–Crippen LogP) is 2.85. The molecule has 1 aliphatic rings. The average Bonchev–Trinajstić information content (AvgIpc) is 2.47. The number of hydrogen-bond acceptors (Lipinski definition) is 5. The van der Waals surface area contributed by atoms with Crippen LogP contribution in [0.2, 0.25) is 0 Å². The summed E-state index contributed by atoms with van der Waals surface area (Å²) in [6.07, 6.45) is 4.90. The van der Waals surface area contributed by atoms with Crippen LogP contribution in [0.3, 0.4) is 0 Å². The van der Waals surface area contributed by atoms with Crippen LogP contribution in [-0.4, -0.2) is 33.6 Å². The molecule has 1 atom stereocenters. The van der Waals surface area contributed by atoms with Crippen LogP contribution in [0.15, 0.2) is 12.1 Å². The number of aromatic carboxylic acids is 1. The van der Waals surface area contributed by atoms with E-state index in [0.717, 1.165) is 32.1 Å². The highest BCUT2D eigenvalue weighted by molar-refractivity contribution is 5.86. The van der Waals surface area contributed by atoms with E-state index < -0.39 is 10.9 Å². The molecule has 1 aromatic rings. The number of carboxylic acid groups (broad SMARTS) is 1. The van der Waals surface area contributed by atoms with E-state index in [9.17, 15) is 14.9 Å². The number of pyridine rings is 1. The molecule has 1 aromatic heterocycles. The molecule has 2 heterocycles. The second kappa shape index (κ2) is 6.51. The van der Waals surface area contributed by atoms with Gasteiger partial charge in [0, 0.05) is 18.7 Å². The van der Waals surface area contributed by atoms with Gasteiger partial charge in [-0.1, -0.05) is 13.3 Å². The van der Waals surface area contributed by atoms with Crippen LogP contribution >= 0.6 is 0 Å². The molecule has 0 aromatic carbocycles. The van der Waals surface area contributed by atoms with Crippen molar-refractivity contribution in [2.75, 3.05) is 11.4 Å². The fraction of sp³-hybridized carbons (Fsp3) is 0.571. The summed E-state index contributed by atoms with van der Waals surface area (Å²) in [4.78, 5) is 27.7. The van der Waals surface area contributed by atoms with E-state index >= 15 is 0 Å². The van der Waals surface area contributed by atoms with Gasteiger partial charge in [-0.15, -0.1) is 0 Å². The summed E-state index contributed by atoms with van der Waals surface area (Å²) in [6, 6.07) is 2.62. The second-order valence-corrected chi connectivity index (χ2v) is 5.23. The fourth-order valence-electron chi connectivity index (χ4n) is 2.83. The molecule has 114 valence electrons. The van der Waals surface area contributed by atoms with Gasteiger partial charge in [-0.25, -0.2) is 9.78 Å². The lowest BCUT2D eigenvalue weighted by Crippen LogP contribution is -2.40. The second-order valence-electron chi connectivity index (χ2n) is 5.23. The van der Waals surface area contributed by atoms with E-state index in [2.05, 4.69) is 11.9 Å². The number of aromatic nitrogens is 1. The third-order valence-corrected chi connectivity index (χ3v) is 3.79. The molecule has 1 fully saturated rings. The molecule has 1 saturated heterocycles. The minimum absolute atomic E-state index is 0.122. The molecular weight excluding hydrogens is 274 g/mol. The van der Waals surface area contributed by atoms with Gasteiger partial charge in [-0.05, 0) is 31.7 Å². The summed E-state index contributed by atoms with van der Waals surface area (Å²) < 4.78 is 0. The van der Waals surface area contributed by atoms with Crippen LogP contribution in [0.1, 0.15) is 49.5 Å². The number of carbonyl (C=O) groups is 1. The van der Waals surface area contributed by atoms with Crippen molar-refractivity contribution in [2.45, 2.75) is 45.1 Å². The zero-order valence-electron chi connectivity index (χ0n) is 12.0. The maximum atomic E-state index is 11.2. The van der Waals surface area contributed by atoms with Crippen molar-refractivity contribution >= 4 is 17.5 Å². The molecule has 1 unspecified atom stereocenters. The van der Waals surface area contributed by atoms with Gasteiger partial charge in [0.15, 0.2) is 5.69 Å². The smallest absolute Gasteiger partial charge is 0.354 e. The number of rotatable bonds is 5. The largest absolute Gasteiger partial charge is 0.477 e. The van der Waals surface area contributed by atoms with E-state index in [4.69, 9.17) is 5.11 Å². The lowest BCUT2D eigenvalue weighted by atomic mass is 9.98. The summed E-state index contributed by atoms with van der Waals surface area (Å²) >= 11 is 0. The van der Waals surface area contributed by atoms with E-state index in [0.29, 0.717) is 6.54 Å². The monoisotopic (exact) mass is 293 g/mol. The van der Waals surface area contributed by atoms with Crippen molar-refractivity contribution in [3.63, 3.8) is 0 Å². The molecule has 1 aliphatic heterocycles. The maximum Gasteiger partial charge on any atom is 0.354 e. The molecular formula is C14H19N3O4. The molecule has 21 heavy (non-hydrogen) atoms. The number of nitrogens with zero attached hydrogens (tertiary/aromatic N) is 3. The SMILES string of the molecule is CCCC1CCCCN1c1nc(C(=O)O)ccc1[N+](=O)[O-]. The van der Waals surface area contributed by atoms with E-state index in [1.807, 2.05) is 4.90 Å². The fourth-order valence-corrected chi connectivity index (χ4v) is 2.83. The highest BCUT2D eigenvalue weighted by Gasteiger charge is 2.29. The first-order valence-corrected chi connectivity index (χ1v) is 7.20. The van der Waals surface area contributed by atoms with E-state index in [1.54, 1.807) is 0 Å². The number of nitro groups is 1. The molecule has 1 N–H and O–H groups in total. The minimum Gasteiger partial charge on any atom is -0.477 e. The first kappa shape index (κ1) is 15.2. The van der Waals surface area contributed by atoms with Crippen molar-refractivity contribution < 1.29 is 14.8 Å². The first-order valence-electron chi connectivity index (χ1n) is 7.20. The molecule has 0 amide bonds. The summed E-state index contributed by atoms with van der Waals surface area (Å²) in [5, 5.41) is 20.3. The van der Waals surface area contributed by atoms with Crippen molar-refractivity contribution in [1.29, 1.82) is 0 Å². The van der Waals surface area contributed by atoms with Gasteiger partial charge in [0.2, 0.25) is 5.82 Å². The number of hydrogen-bond donors (Lipinski definition) is 1. The number of carboxylic acids is 1. The molecule has 0 radical (unpaired) electrons. The molecule has 2 rings (SSSR count). The third-order valence-electron chi connectivity index (χ3n) is 3.79. The van der Waals surface area contributed by atoms with Crippen molar-refractivity contribution in [3.8, 4) is 0 Å². The van der Waals surface area contributed by atoms with Crippen LogP contribution in [0.4, 0.5) is 11.5 Å². The Kier molecular flexibility index (Phi) is 4.72. The van der Waals surface area contributed by atoms with Crippen LogP contribution in [0.25, 0.3) is 0 Å². The van der Waals surface area contributed by atoms with Gasteiger partial charge in [-0.3, -0.25) is 10.1 Å². The van der Waals surface area contributed by atoms with Gasteiger partial charge >= 0.3 is 11.7 Å². The number of anilines is 1. The van der Waals surface area contributed by atoms with Crippen LogP contribution in [0, 0.1) is 10.1 Å². The van der Waals surface area contributed by atoms with Gasteiger partial charge < -0.3 is 10.0 Å². The molecule has 7 nitrogen and oxygen atoms in total. The molecule has 0 spiro atoms. The Morgan fingerprint density at radius 3 is 2.90 bits per heavy atom. The first-order chi connectivity index (χ1) is 10.0. The van der Waals surface area contributed by atoms with Gasteiger partial charge in [-0.2, -0.15) is 0 Å². The van der Waals surface area contributed by atoms with Crippen molar-refractivity contribution in [3.05, 3.63) is 27.9 Å². The Morgan fingerprint density at radius 2 is 2.29 bits per heavy atom. The van der Waals surface area contributed by atoms with Crippen LogP contribution < -0.4 is 4.90 Å². The van der Waals surface area contributed by atoms with Crippen LogP contribution in [0.5, 0.6) is 0 Å². The quantitative estimate of drug-likeness (QED) is 0.662. The Balaban J connectivity index is 2.44. The van der Waals surface area contributed by atoms with Gasteiger partial charge in [0.25, 0.3) is 0 Å². The normalized spacial score (nSPS) is 18.5. The molecule has 0 saturated carbocycles. The van der Waals surface area contributed by atoms with E-state index in [-0.39, 0.29) is 23.2 Å². The summed E-state index contributed by atoms with van der Waals surface area (Å²) in [6.45, 7) is 2.75. The molecule has 0 aliphatic carbocycles. The predicted molar refractivity (Wildman–Crippen MR) is 77.7 cm³/mol. The summed E-state index contributed by atoms with van der Waals surface area (Å²) in [7, 11) is 0. The topological polar surface area (TPSA) is 96.6 Å². The Morgan fingerprint density at radius 1 is 1.52 bits per heavy atom. The van der Waals surface area contributed by atoms with Crippen molar-refractivity contribution in [2.24, 2.45) is 0 Å². The highest BCUT2D eigenvalue weighted by Crippen LogP contribution is 2.32. The standard InChI is InChI=1S/C14H19N3O4/c1-2-5-10-6-3-4-9-16(10)13-12(17(20)21)8-7-11(15-13)14(18)19/h7-8,10H,2-6,9H2,1H3,(H,18,19). The minimum atomic E-state index is -1.17.